The van der Waals surface area contributed by atoms with E-state index in [1.54, 1.807) is 0 Å². The summed E-state index contributed by atoms with van der Waals surface area (Å²) < 4.78 is 0. The van der Waals surface area contributed by atoms with Crippen molar-refractivity contribution in [1.82, 2.24) is 0 Å². The molecule has 2 nitrogen and oxygen atoms in total. The van der Waals surface area contributed by atoms with Gasteiger partial charge >= 0.3 is 0 Å². The molecule has 32 heavy (non-hydrogen) atoms. The van der Waals surface area contributed by atoms with Crippen LogP contribution in [0, 0.1) is 0 Å². The molecular formula is C30H24N2. The molecule has 154 valence electrons. The lowest BCUT2D eigenvalue weighted by atomic mass is 9.97. The zero-order valence-corrected chi connectivity index (χ0v) is 17.7. The number of hydrogen-bond donors (Lipinski definition) is 2. The summed E-state index contributed by atoms with van der Waals surface area (Å²) in [5, 5.41) is 0. The van der Waals surface area contributed by atoms with Gasteiger partial charge in [0.1, 0.15) is 0 Å². The van der Waals surface area contributed by atoms with Crippen molar-refractivity contribution in [3.63, 3.8) is 0 Å². The van der Waals surface area contributed by atoms with Gasteiger partial charge in [0.05, 0.1) is 0 Å². The van der Waals surface area contributed by atoms with Crippen LogP contribution in [0.1, 0.15) is 0 Å². The molecule has 0 bridgehead atoms. The number of nitrogens with two attached hydrogens (primary N) is 2. The maximum absolute atomic E-state index is 5.79. The predicted octanol–water partition coefficient (Wildman–Crippen LogP) is 7.52. The van der Waals surface area contributed by atoms with Crippen LogP contribution in [-0.4, -0.2) is 0 Å². The Kier molecular flexibility index (Phi) is 5.19. The van der Waals surface area contributed by atoms with Gasteiger partial charge in [0.25, 0.3) is 0 Å². The Labute approximate surface area is 188 Å². The molecule has 0 fully saturated rings. The largest absolute Gasteiger partial charge is 0.399 e. The van der Waals surface area contributed by atoms with Crippen LogP contribution in [0.4, 0.5) is 11.4 Å². The van der Waals surface area contributed by atoms with Gasteiger partial charge in [-0.1, -0.05) is 97.1 Å². The van der Waals surface area contributed by atoms with Gasteiger partial charge in [-0.05, 0) is 68.8 Å². The zero-order chi connectivity index (χ0) is 21.9. The van der Waals surface area contributed by atoms with Crippen molar-refractivity contribution in [2.75, 3.05) is 11.5 Å². The molecule has 0 spiro atoms. The molecule has 0 aliphatic rings. The summed E-state index contributed by atoms with van der Waals surface area (Å²) in [5.74, 6) is 0. The quantitative estimate of drug-likeness (QED) is 0.300. The fraction of sp³-hybridized carbons (Fsp3) is 0. The van der Waals surface area contributed by atoms with E-state index in [-0.39, 0.29) is 0 Å². The molecule has 0 unspecified atom stereocenters. The van der Waals surface area contributed by atoms with Crippen molar-refractivity contribution in [3.8, 4) is 44.5 Å². The lowest BCUT2D eigenvalue weighted by Gasteiger charge is -2.08. The molecule has 0 saturated heterocycles. The van der Waals surface area contributed by atoms with E-state index in [1.807, 2.05) is 24.3 Å². The maximum Gasteiger partial charge on any atom is 0.0314 e. The molecule has 0 aliphatic carbocycles. The Morgan fingerprint density at radius 2 is 0.344 bits per heavy atom. The normalized spacial score (nSPS) is 10.8. The van der Waals surface area contributed by atoms with Crippen LogP contribution < -0.4 is 11.5 Å². The monoisotopic (exact) mass is 412 g/mol. The second-order valence-corrected chi connectivity index (χ2v) is 7.98. The first kappa shape index (κ1) is 19.7. The van der Waals surface area contributed by atoms with Crippen LogP contribution in [0.3, 0.4) is 0 Å². The Morgan fingerprint density at radius 1 is 0.219 bits per heavy atom. The first-order valence-electron chi connectivity index (χ1n) is 10.7. The summed E-state index contributed by atoms with van der Waals surface area (Å²) in [5.41, 5.74) is 22.7. The van der Waals surface area contributed by atoms with E-state index in [4.69, 9.17) is 11.5 Å². The Morgan fingerprint density at radius 3 is 0.500 bits per heavy atom. The molecule has 0 aliphatic heterocycles. The van der Waals surface area contributed by atoms with Crippen molar-refractivity contribution in [2.45, 2.75) is 0 Å². The highest BCUT2D eigenvalue weighted by molar-refractivity contribution is 5.75. The minimum absolute atomic E-state index is 0.783. The second-order valence-electron chi connectivity index (χ2n) is 7.98. The van der Waals surface area contributed by atoms with Crippen LogP contribution in [0.5, 0.6) is 0 Å². The number of nitrogen functional groups attached to an aromatic ring is 2. The third-order valence-corrected chi connectivity index (χ3v) is 5.81. The lowest BCUT2D eigenvalue weighted by molar-refractivity contribution is 1.57. The summed E-state index contributed by atoms with van der Waals surface area (Å²) in [7, 11) is 0. The summed E-state index contributed by atoms with van der Waals surface area (Å²) >= 11 is 0. The fourth-order valence-electron chi connectivity index (χ4n) is 3.92. The molecule has 5 aromatic carbocycles. The molecule has 5 aromatic rings. The highest BCUT2D eigenvalue weighted by atomic mass is 14.5. The molecule has 4 N–H and O–H groups in total. The Balaban J connectivity index is 1.33. The summed E-state index contributed by atoms with van der Waals surface area (Å²) in [4.78, 5) is 0. The van der Waals surface area contributed by atoms with E-state index in [2.05, 4.69) is 97.1 Å². The molecule has 0 aromatic heterocycles. The SMILES string of the molecule is Nc1ccc(-c2ccc(-c3ccc(-c4ccc(-c5ccc(N)cc5)cc4)cc3)cc2)cc1. The lowest BCUT2D eigenvalue weighted by Crippen LogP contribution is -1.85. The Hall–Kier alpha value is -4.30. The van der Waals surface area contributed by atoms with Gasteiger partial charge in [-0.3, -0.25) is 0 Å². The Bertz CT molecular complexity index is 1210. The number of hydrogen-bond acceptors (Lipinski definition) is 2. The average molecular weight is 413 g/mol. The van der Waals surface area contributed by atoms with Crippen LogP contribution in [0.25, 0.3) is 44.5 Å². The van der Waals surface area contributed by atoms with E-state index < -0.39 is 0 Å². The van der Waals surface area contributed by atoms with Crippen molar-refractivity contribution in [1.29, 1.82) is 0 Å². The minimum atomic E-state index is 0.783. The summed E-state index contributed by atoms with van der Waals surface area (Å²) in [6.45, 7) is 0. The van der Waals surface area contributed by atoms with Gasteiger partial charge in [0.15, 0.2) is 0 Å². The first-order valence-corrected chi connectivity index (χ1v) is 10.7. The van der Waals surface area contributed by atoms with E-state index in [9.17, 15) is 0 Å². The van der Waals surface area contributed by atoms with Crippen LogP contribution in [0.15, 0.2) is 121 Å². The van der Waals surface area contributed by atoms with Crippen molar-refractivity contribution >= 4 is 11.4 Å². The fourth-order valence-corrected chi connectivity index (χ4v) is 3.92. The molecule has 0 amide bonds. The smallest absolute Gasteiger partial charge is 0.0314 e. The predicted molar refractivity (Wildman–Crippen MR) is 137 cm³/mol. The van der Waals surface area contributed by atoms with Gasteiger partial charge < -0.3 is 11.5 Å². The highest BCUT2D eigenvalue weighted by Crippen LogP contribution is 2.29. The van der Waals surface area contributed by atoms with E-state index in [1.165, 1.54) is 44.5 Å². The van der Waals surface area contributed by atoms with Gasteiger partial charge in [-0.15, -0.1) is 0 Å². The number of anilines is 2. The van der Waals surface area contributed by atoms with E-state index in [0.29, 0.717) is 0 Å². The molecule has 2 heteroatoms. The number of benzene rings is 5. The third-order valence-electron chi connectivity index (χ3n) is 5.81. The molecule has 5 rings (SSSR count). The number of rotatable bonds is 4. The van der Waals surface area contributed by atoms with Gasteiger partial charge in [-0.2, -0.15) is 0 Å². The van der Waals surface area contributed by atoms with E-state index >= 15 is 0 Å². The zero-order valence-electron chi connectivity index (χ0n) is 17.7. The molecular weight excluding hydrogens is 388 g/mol. The second kappa shape index (κ2) is 8.44. The summed E-state index contributed by atoms with van der Waals surface area (Å²) in [6.07, 6.45) is 0. The standard InChI is InChI=1S/C30H24N2/c31-29-17-13-27(14-18-29)25-9-5-23(6-10-25)21-1-2-22(4-3-21)24-7-11-26(12-8-24)28-15-19-30(32)20-16-28/h1-20H,31-32H2. The van der Waals surface area contributed by atoms with Crippen LogP contribution in [0.2, 0.25) is 0 Å². The molecule has 0 radical (unpaired) electrons. The molecule has 0 atom stereocenters. The maximum atomic E-state index is 5.79. The van der Waals surface area contributed by atoms with Gasteiger partial charge in [0, 0.05) is 11.4 Å². The minimum Gasteiger partial charge on any atom is -0.399 e. The highest BCUT2D eigenvalue weighted by Gasteiger charge is 2.04. The topological polar surface area (TPSA) is 52.0 Å². The summed E-state index contributed by atoms with van der Waals surface area (Å²) in [6, 6.07) is 42.0. The van der Waals surface area contributed by atoms with Gasteiger partial charge in [0.2, 0.25) is 0 Å². The molecule has 0 saturated carbocycles. The van der Waals surface area contributed by atoms with Crippen molar-refractivity contribution in [3.05, 3.63) is 121 Å². The average Bonchev–Trinajstić information content (AvgIpc) is 2.85. The van der Waals surface area contributed by atoms with E-state index in [0.717, 1.165) is 11.4 Å². The van der Waals surface area contributed by atoms with Crippen molar-refractivity contribution in [2.24, 2.45) is 0 Å². The first-order chi connectivity index (χ1) is 15.7. The van der Waals surface area contributed by atoms with Crippen molar-refractivity contribution < 1.29 is 0 Å². The van der Waals surface area contributed by atoms with Gasteiger partial charge in [-0.25, -0.2) is 0 Å². The third kappa shape index (κ3) is 4.12. The molecule has 0 heterocycles. The van der Waals surface area contributed by atoms with Crippen LogP contribution >= 0.6 is 0 Å². The van der Waals surface area contributed by atoms with Crippen LogP contribution in [-0.2, 0) is 0 Å².